The van der Waals surface area contributed by atoms with Crippen molar-refractivity contribution in [2.75, 3.05) is 6.54 Å². The SMILES string of the molecule is O=C(O)CCNC(=O)c1cc(Cl)cc(Br)c1. The van der Waals surface area contributed by atoms with Crippen molar-refractivity contribution in [3.05, 3.63) is 33.3 Å². The number of nitrogens with one attached hydrogen (secondary N) is 1. The molecule has 1 aromatic carbocycles. The van der Waals surface area contributed by atoms with Gasteiger partial charge in [-0.25, -0.2) is 0 Å². The highest BCUT2D eigenvalue weighted by atomic mass is 79.9. The highest BCUT2D eigenvalue weighted by Gasteiger charge is 2.07. The third-order valence-electron chi connectivity index (χ3n) is 1.75. The van der Waals surface area contributed by atoms with Crippen LogP contribution in [0.1, 0.15) is 16.8 Å². The minimum Gasteiger partial charge on any atom is -0.481 e. The second kappa shape index (κ2) is 5.86. The summed E-state index contributed by atoms with van der Waals surface area (Å²) in [4.78, 5) is 21.8. The summed E-state index contributed by atoms with van der Waals surface area (Å²) in [5.41, 5.74) is 0.393. The molecule has 0 aliphatic carbocycles. The molecule has 0 aliphatic heterocycles. The number of amides is 1. The number of halogens is 2. The van der Waals surface area contributed by atoms with E-state index in [0.29, 0.717) is 15.1 Å². The number of aliphatic carboxylic acids is 1. The molecule has 0 saturated heterocycles. The number of rotatable bonds is 4. The first-order valence-corrected chi connectivity index (χ1v) is 5.62. The Kier molecular flexibility index (Phi) is 4.76. The lowest BCUT2D eigenvalue weighted by atomic mass is 10.2. The molecular weight excluding hydrogens is 297 g/mol. The summed E-state index contributed by atoms with van der Waals surface area (Å²) in [5, 5.41) is 11.3. The maximum absolute atomic E-state index is 11.5. The van der Waals surface area contributed by atoms with Gasteiger partial charge in [0.2, 0.25) is 0 Å². The maximum atomic E-state index is 11.5. The van der Waals surface area contributed by atoms with E-state index >= 15 is 0 Å². The lowest BCUT2D eigenvalue weighted by Gasteiger charge is -2.04. The van der Waals surface area contributed by atoms with E-state index in [1.54, 1.807) is 12.1 Å². The molecule has 4 nitrogen and oxygen atoms in total. The second-order valence-electron chi connectivity index (χ2n) is 3.06. The van der Waals surface area contributed by atoms with Crippen molar-refractivity contribution in [1.29, 1.82) is 0 Å². The molecule has 0 spiro atoms. The first-order chi connectivity index (χ1) is 7.49. The van der Waals surface area contributed by atoms with Crippen molar-refractivity contribution in [3.8, 4) is 0 Å². The van der Waals surface area contributed by atoms with E-state index in [9.17, 15) is 9.59 Å². The monoisotopic (exact) mass is 305 g/mol. The molecule has 0 radical (unpaired) electrons. The number of hydrogen-bond acceptors (Lipinski definition) is 2. The average molecular weight is 307 g/mol. The van der Waals surface area contributed by atoms with Crippen LogP contribution >= 0.6 is 27.5 Å². The highest BCUT2D eigenvalue weighted by Crippen LogP contribution is 2.19. The van der Waals surface area contributed by atoms with Gasteiger partial charge in [0.05, 0.1) is 6.42 Å². The average Bonchev–Trinajstić information content (AvgIpc) is 2.15. The normalized spacial score (nSPS) is 9.88. The van der Waals surface area contributed by atoms with Crippen LogP contribution in [0.15, 0.2) is 22.7 Å². The Bertz CT molecular complexity index is 402. The topological polar surface area (TPSA) is 66.4 Å². The third-order valence-corrected chi connectivity index (χ3v) is 2.43. The van der Waals surface area contributed by atoms with Crippen LogP contribution in [0.3, 0.4) is 0 Å². The molecular formula is C10H9BrClNO3. The summed E-state index contributed by atoms with van der Waals surface area (Å²) < 4.78 is 0.698. The molecule has 0 bridgehead atoms. The number of carbonyl (C=O) groups is 2. The van der Waals surface area contributed by atoms with Gasteiger partial charge >= 0.3 is 5.97 Å². The molecule has 0 saturated carbocycles. The van der Waals surface area contributed by atoms with Gasteiger partial charge < -0.3 is 10.4 Å². The Balaban J connectivity index is 2.62. The molecule has 0 unspecified atom stereocenters. The molecule has 0 aromatic heterocycles. The largest absolute Gasteiger partial charge is 0.481 e. The molecule has 1 amide bonds. The first-order valence-electron chi connectivity index (χ1n) is 4.45. The van der Waals surface area contributed by atoms with Crippen LogP contribution in [0.5, 0.6) is 0 Å². The molecule has 0 atom stereocenters. The van der Waals surface area contributed by atoms with Gasteiger partial charge in [-0.15, -0.1) is 0 Å². The number of carboxylic acids is 1. The molecule has 0 aliphatic rings. The molecule has 2 N–H and O–H groups in total. The number of carbonyl (C=O) groups excluding carboxylic acids is 1. The fourth-order valence-corrected chi connectivity index (χ4v) is 1.93. The molecule has 86 valence electrons. The standard InChI is InChI=1S/C10H9BrClNO3/c11-7-3-6(4-8(12)5-7)10(16)13-2-1-9(14)15/h3-5H,1-2H2,(H,13,16)(H,14,15). The zero-order chi connectivity index (χ0) is 12.1. The van der Waals surface area contributed by atoms with Crippen molar-refractivity contribution >= 4 is 39.4 Å². The molecule has 6 heteroatoms. The van der Waals surface area contributed by atoms with Gasteiger partial charge in [-0.05, 0) is 18.2 Å². The van der Waals surface area contributed by atoms with Gasteiger partial charge in [-0.3, -0.25) is 9.59 Å². The number of benzene rings is 1. The van der Waals surface area contributed by atoms with E-state index in [1.165, 1.54) is 6.07 Å². The molecule has 1 rings (SSSR count). The Labute approximate surface area is 106 Å². The summed E-state index contributed by atoms with van der Waals surface area (Å²) in [7, 11) is 0. The fraction of sp³-hybridized carbons (Fsp3) is 0.200. The second-order valence-corrected chi connectivity index (χ2v) is 4.41. The zero-order valence-corrected chi connectivity index (χ0v) is 10.5. The van der Waals surface area contributed by atoms with Crippen LogP contribution in [0.2, 0.25) is 5.02 Å². The van der Waals surface area contributed by atoms with Crippen molar-refractivity contribution < 1.29 is 14.7 Å². The Morgan fingerprint density at radius 2 is 2.06 bits per heavy atom. The van der Waals surface area contributed by atoms with E-state index in [1.807, 2.05) is 0 Å². The predicted molar refractivity (Wildman–Crippen MR) is 63.7 cm³/mol. The van der Waals surface area contributed by atoms with Gasteiger partial charge in [0.25, 0.3) is 5.91 Å². The van der Waals surface area contributed by atoms with Gasteiger partial charge in [0, 0.05) is 21.6 Å². The predicted octanol–water partition coefficient (Wildman–Crippen LogP) is 2.31. The Morgan fingerprint density at radius 1 is 1.38 bits per heavy atom. The molecule has 0 fully saturated rings. The summed E-state index contributed by atoms with van der Waals surface area (Å²) in [6.45, 7) is 0.0955. The minimum atomic E-state index is -0.951. The first kappa shape index (κ1) is 13.0. The van der Waals surface area contributed by atoms with E-state index in [-0.39, 0.29) is 18.9 Å². The number of carboxylic acid groups (broad SMARTS) is 1. The van der Waals surface area contributed by atoms with E-state index in [2.05, 4.69) is 21.2 Å². The summed E-state index contributed by atoms with van der Waals surface area (Å²) in [6.07, 6.45) is -0.104. The highest BCUT2D eigenvalue weighted by molar-refractivity contribution is 9.10. The summed E-state index contributed by atoms with van der Waals surface area (Å²) in [5.74, 6) is -1.29. The van der Waals surface area contributed by atoms with Crippen LogP contribution in [-0.4, -0.2) is 23.5 Å². The lowest BCUT2D eigenvalue weighted by Crippen LogP contribution is -2.25. The smallest absolute Gasteiger partial charge is 0.305 e. The molecule has 1 aromatic rings. The Morgan fingerprint density at radius 3 is 2.62 bits per heavy atom. The van der Waals surface area contributed by atoms with Crippen LogP contribution in [0.4, 0.5) is 0 Å². The van der Waals surface area contributed by atoms with Crippen LogP contribution < -0.4 is 5.32 Å². The Hall–Kier alpha value is -1.07. The van der Waals surface area contributed by atoms with Crippen molar-refractivity contribution in [2.45, 2.75) is 6.42 Å². The van der Waals surface area contributed by atoms with E-state index in [0.717, 1.165) is 0 Å². The van der Waals surface area contributed by atoms with Crippen molar-refractivity contribution in [2.24, 2.45) is 0 Å². The van der Waals surface area contributed by atoms with Crippen LogP contribution in [-0.2, 0) is 4.79 Å². The van der Waals surface area contributed by atoms with Crippen LogP contribution in [0, 0.1) is 0 Å². The number of hydrogen-bond donors (Lipinski definition) is 2. The minimum absolute atomic E-state index is 0.0955. The fourth-order valence-electron chi connectivity index (χ4n) is 1.07. The van der Waals surface area contributed by atoms with Gasteiger partial charge in [0.15, 0.2) is 0 Å². The quantitative estimate of drug-likeness (QED) is 0.897. The van der Waals surface area contributed by atoms with Crippen molar-refractivity contribution in [3.63, 3.8) is 0 Å². The van der Waals surface area contributed by atoms with Gasteiger partial charge in [-0.1, -0.05) is 27.5 Å². The lowest BCUT2D eigenvalue weighted by molar-refractivity contribution is -0.136. The van der Waals surface area contributed by atoms with Gasteiger partial charge in [-0.2, -0.15) is 0 Å². The van der Waals surface area contributed by atoms with Crippen LogP contribution in [0.25, 0.3) is 0 Å². The third kappa shape index (κ3) is 4.20. The summed E-state index contributed by atoms with van der Waals surface area (Å²) in [6, 6.07) is 4.79. The van der Waals surface area contributed by atoms with E-state index < -0.39 is 5.97 Å². The molecule has 0 heterocycles. The van der Waals surface area contributed by atoms with Gasteiger partial charge in [0.1, 0.15) is 0 Å². The van der Waals surface area contributed by atoms with Crippen molar-refractivity contribution in [1.82, 2.24) is 5.32 Å². The maximum Gasteiger partial charge on any atom is 0.305 e. The molecule has 16 heavy (non-hydrogen) atoms. The van der Waals surface area contributed by atoms with E-state index in [4.69, 9.17) is 16.7 Å². The zero-order valence-electron chi connectivity index (χ0n) is 8.17. The summed E-state index contributed by atoms with van der Waals surface area (Å²) >= 11 is 8.99.